The van der Waals surface area contributed by atoms with Crippen molar-refractivity contribution >= 4 is 23.2 Å². The molecule has 0 spiro atoms. The number of carbonyl (C=O) groups excluding carboxylic acids is 1. The van der Waals surface area contributed by atoms with Gasteiger partial charge in [-0.15, -0.1) is 0 Å². The molecule has 0 bridgehead atoms. The maximum atomic E-state index is 12.3. The number of amides is 1. The summed E-state index contributed by atoms with van der Waals surface area (Å²) in [5, 5.41) is 3.65. The van der Waals surface area contributed by atoms with Crippen molar-refractivity contribution in [2.75, 3.05) is 25.5 Å². The van der Waals surface area contributed by atoms with Gasteiger partial charge >= 0.3 is 0 Å². The van der Waals surface area contributed by atoms with Crippen molar-refractivity contribution in [3.8, 4) is 5.75 Å². The molecule has 0 aromatic heterocycles. The topological polar surface area (TPSA) is 42.8 Å². The number of ether oxygens (including phenoxy) is 1. The Morgan fingerprint density at radius 1 is 1.25 bits per heavy atom. The van der Waals surface area contributed by atoms with Crippen LogP contribution in [0.4, 0.5) is 5.69 Å². The van der Waals surface area contributed by atoms with Crippen LogP contribution in [-0.4, -0.2) is 32.1 Å². The molecule has 1 unspecified atom stereocenters. The highest BCUT2D eigenvalue weighted by molar-refractivity contribution is 6.30. The Hall–Kier alpha value is -2.04. The van der Waals surface area contributed by atoms with Crippen LogP contribution in [0.5, 0.6) is 5.75 Å². The van der Waals surface area contributed by atoms with E-state index in [4.69, 9.17) is 16.3 Å². The van der Waals surface area contributed by atoms with Crippen LogP contribution >= 0.6 is 11.6 Å². The van der Waals surface area contributed by atoms with E-state index in [1.54, 1.807) is 12.1 Å². The first kappa shape index (κ1) is 18.3. The molecule has 0 radical (unpaired) electrons. The van der Waals surface area contributed by atoms with Crippen molar-refractivity contribution in [3.05, 3.63) is 59.1 Å². The fourth-order valence-electron chi connectivity index (χ4n) is 2.27. The Morgan fingerprint density at radius 2 is 1.96 bits per heavy atom. The summed E-state index contributed by atoms with van der Waals surface area (Å²) < 4.78 is 5.68. The molecule has 0 heterocycles. The van der Waals surface area contributed by atoms with Crippen LogP contribution < -0.4 is 15.0 Å². The van der Waals surface area contributed by atoms with Gasteiger partial charge in [-0.05, 0) is 55.8 Å². The van der Waals surface area contributed by atoms with Crippen LogP contribution in [0.25, 0.3) is 0 Å². The number of nitrogens with one attached hydrogen (secondary N) is 2. The summed E-state index contributed by atoms with van der Waals surface area (Å²) >= 11 is 5.84. The monoisotopic (exact) mass is 347 g/mol. The van der Waals surface area contributed by atoms with Gasteiger partial charge in [0.15, 0.2) is 6.04 Å². The molecule has 2 atom stereocenters. The Morgan fingerprint density at radius 3 is 2.62 bits per heavy atom. The number of halogens is 1. The number of rotatable bonds is 7. The molecule has 0 saturated heterocycles. The van der Waals surface area contributed by atoms with Gasteiger partial charge in [0.25, 0.3) is 5.91 Å². The zero-order valence-electron chi connectivity index (χ0n) is 14.3. The number of anilines is 1. The number of benzene rings is 2. The van der Waals surface area contributed by atoms with E-state index in [-0.39, 0.29) is 11.9 Å². The predicted octanol–water partition coefficient (Wildman–Crippen LogP) is 2.57. The molecule has 0 aliphatic carbocycles. The third-order valence-electron chi connectivity index (χ3n) is 4.00. The molecule has 2 N–H and O–H groups in total. The quantitative estimate of drug-likeness (QED) is 0.808. The van der Waals surface area contributed by atoms with Crippen molar-refractivity contribution in [1.82, 2.24) is 0 Å². The molecule has 0 aliphatic rings. The first-order chi connectivity index (χ1) is 11.5. The maximum absolute atomic E-state index is 12.3. The highest BCUT2D eigenvalue weighted by Gasteiger charge is 2.21. The highest BCUT2D eigenvalue weighted by Crippen LogP contribution is 2.15. The first-order valence-electron chi connectivity index (χ1n) is 8.04. The lowest BCUT2D eigenvalue weighted by atomic mass is 10.2. The lowest BCUT2D eigenvalue weighted by Gasteiger charge is -2.21. The Balaban J connectivity index is 1.79. The lowest BCUT2D eigenvalue weighted by molar-refractivity contribution is -0.894. The van der Waals surface area contributed by atoms with E-state index in [0.29, 0.717) is 11.6 Å². The van der Waals surface area contributed by atoms with E-state index in [0.717, 1.165) is 28.4 Å². The van der Waals surface area contributed by atoms with Gasteiger partial charge < -0.3 is 15.0 Å². The molecule has 24 heavy (non-hydrogen) atoms. The maximum Gasteiger partial charge on any atom is 0.282 e. The SMILES string of the molecule is Cc1cccc(NC(=O)[C@H](C)[NH+](C)CCOc2ccc(Cl)cc2)c1. The zero-order valence-corrected chi connectivity index (χ0v) is 15.1. The molecule has 128 valence electrons. The molecule has 2 rings (SSSR count). The Kier molecular flexibility index (Phi) is 6.64. The van der Waals surface area contributed by atoms with Crippen LogP contribution in [0.2, 0.25) is 5.02 Å². The molecular formula is C19H24ClN2O2+. The molecular weight excluding hydrogens is 324 g/mol. The van der Waals surface area contributed by atoms with E-state index in [1.807, 2.05) is 57.3 Å². The van der Waals surface area contributed by atoms with E-state index in [2.05, 4.69) is 5.32 Å². The highest BCUT2D eigenvalue weighted by atomic mass is 35.5. The third-order valence-corrected chi connectivity index (χ3v) is 4.25. The summed E-state index contributed by atoms with van der Waals surface area (Å²) in [5.74, 6) is 0.786. The summed E-state index contributed by atoms with van der Waals surface area (Å²) in [7, 11) is 1.99. The van der Waals surface area contributed by atoms with Crippen molar-refractivity contribution in [3.63, 3.8) is 0 Å². The lowest BCUT2D eigenvalue weighted by Crippen LogP contribution is -3.14. The zero-order chi connectivity index (χ0) is 17.5. The average molecular weight is 348 g/mol. The standard InChI is InChI=1S/C19H23ClN2O2/c1-14-5-4-6-17(13-14)21-19(23)15(2)22(3)11-12-24-18-9-7-16(20)8-10-18/h4-10,13,15H,11-12H2,1-3H3,(H,21,23)/p+1/t15-/m0/s1. The van der Waals surface area contributed by atoms with Gasteiger partial charge in [0.1, 0.15) is 18.9 Å². The molecule has 0 saturated carbocycles. The van der Waals surface area contributed by atoms with Crippen LogP contribution in [0.15, 0.2) is 48.5 Å². The fourth-order valence-corrected chi connectivity index (χ4v) is 2.40. The number of likely N-dealkylation sites (N-methyl/N-ethyl adjacent to an activating group) is 1. The third kappa shape index (κ3) is 5.55. The molecule has 2 aromatic rings. The van der Waals surface area contributed by atoms with E-state index < -0.39 is 0 Å². The number of aryl methyl sites for hydroxylation is 1. The second-order valence-electron chi connectivity index (χ2n) is 5.98. The fraction of sp³-hybridized carbons (Fsp3) is 0.316. The minimum atomic E-state index is -0.167. The molecule has 5 heteroatoms. The van der Waals surface area contributed by atoms with Gasteiger partial charge in [-0.1, -0.05) is 23.7 Å². The summed E-state index contributed by atoms with van der Waals surface area (Å²) in [6.45, 7) is 5.19. The molecule has 2 aromatic carbocycles. The average Bonchev–Trinajstić information content (AvgIpc) is 2.56. The van der Waals surface area contributed by atoms with Crippen molar-refractivity contribution in [1.29, 1.82) is 0 Å². The smallest absolute Gasteiger partial charge is 0.282 e. The van der Waals surface area contributed by atoms with E-state index in [1.165, 1.54) is 0 Å². The first-order valence-corrected chi connectivity index (χ1v) is 8.41. The van der Waals surface area contributed by atoms with Gasteiger partial charge in [-0.25, -0.2) is 0 Å². The van der Waals surface area contributed by atoms with Crippen molar-refractivity contribution < 1.29 is 14.4 Å². The van der Waals surface area contributed by atoms with Gasteiger partial charge in [0.2, 0.25) is 0 Å². The van der Waals surface area contributed by atoms with Crippen LogP contribution in [0, 0.1) is 6.92 Å². The largest absolute Gasteiger partial charge is 0.488 e. The van der Waals surface area contributed by atoms with Crippen molar-refractivity contribution in [2.24, 2.45) is 0 Å². The second-order valence-corrected chi connectivity index (χ2v) is 6.42. The molecule has 4 nitrogen and oxygen atoms in total. The number of hydrogen-bond donors (Lipinski definition) is 2. The summed E-state index contributed by atoms with van der Waals surface area (Å²) in [6.07, 6.45) is 0. The van der Waals surface area contributed by atoms with E-state index >= 15 is 0 Å². The minimum absolute atomic E-state index is 0.00425. The summed E-state index contributed by atoms with van der Waals surface area (Å²) in [6, 6.07) is 14.9. The Labute approximate surface area is 148 Å². The Bertz CT molecular complexity index is 673. The van der Waals surface area contributed by atoms with E-state index in [9.17, 15) is 4.79 Å². The number of quaternary nitrogens is 1. The molecule has 0 fully saturated rings. The summed E-state index contributed by atoms with van der Waals surface area (Å²) in [4.78, 5) is 13.4. The van der Waals surface area contributed by atoms with Crippen LogP contribution in [-0.2, 0) is 4.79 Å². The van der Waals surface area contributed by atoms with Gasteiger partial charge in [0, 0.05) is 10.7 Å². The van der Waals surface area contributed by atoms with Gasteiger partial charge in [0.05, 0.1) is 7.05 Å². The molecule has 0 aliphatic heterocycles. The summed E-state index contributed by atoms with van der Waals surface area (Å²) in [5.41, 5.74) is 1.95. The minimum Gasteiger partial charge on any atom is -0.488 e. The molecule has 1 amide bonds. The number of hydrogen-bond acceptors (Lipinski definition) is 2. The number of carbonyl (C=O) groups is 1. The van der Waals surface area contributed by atoms with Crippen molar-refractivity contribution in [2.45, 2.75) is 19.9 Å². The van der Waals surface area contributed by atoms with Crippen LogP contribution in [0.1, 0.15) is 12.5 Å². The van der Waals surface area contributed by atoms with Gasteiger partial charge in [-0.2, -0.15) is 0 Å². The second kappa shape index (κ2) is 8.71. The normalized spacial score (nSPS) is 13.2. The van der Waals surface area contributed by atoms with Crippen LogP contribution in [0.3, 0.4) is 0 Å². The predicted molar refractivity (Wildman–Crippen MR) is 98.0 cm³/mol. The van der Waals surface area contributed by atoms with Gasteiger partial charge in [-0.3, -0.25) is 4.79 Å².